The summed E-state index contributed by atoms with van der Waals surface area (Å²) in [7, 11) is -3.88. The van der Waals surface area contributed by atoms with E-state index in [4.69, 9.17) is 4.74 Å². The number of carbonyl (C=O) groups is 1. The Morgan fingerprint density at radius 3 is 2.57 bits per heavy atom. The predicted octanol–water partition coefficient (Wildman–Crippen LogP) is 2.02. The number of anilines is 1. The maximum Gasteiger partial charge on any atom is 0.355 e. The molecule has 0 atom stereocenters. The number of carbonyl (C=O) groups excluding carboxylic acids is 1. The van der Waals surface area contributed by atoms with Crippen molar-refractivity contribution >= 4 is 32.5 Å². The van der Waals surface area contributed by atoms with Gasteiger partial charge in [0.1, 0.15) is 15.6 Å². The fraction of sp³-hybridized carbons (Fsp3) is 0.462. The molecule has 0 bridgehead atoms. The van der Waals surface area contributed by atoms with Crippen LogP contribution in [-0.2, 0) is 21.2 Å². The standard InChI is InChI=1S/C13H18N4O4S2/c1-5-9-15-16-13(22-9)17-23(19,20)11-7(3)10(14-8(11)4)12(18)21-6-2/h14H,5-6H2,1-4H3,(H,16,17). The van der Waals surface area contributed by atoms with Gasteiger partial charge in [-0.1, -0.05) is 18.3 Å². The average molecular weight is 358 g/mol. The van der Waals surface area contributed by atoms with Crippen LogP contribution in [0.25, 0.3) is 0 Å². The highest BCUT2D eigenvalue weighted by atomic mass is 32.2. The van der Waals surface area contributed by atoms with E-state index in [1.54, 1.807) is 20.8 Å². The van der Waals surface area contributed by atoms with Crippen molar-refractivity contribution in [1.82, 2.24) is 15.2 Å². The van der Waals surface area contributed by atoms with Gasteiger partial charge in [-0.15, -0.1) is 10.2 Å². The lowest BCUT2D eigenvalue weighted by Crippen LogP contribution is -2.15. The molecule has 0 saturated carbocycles. The molecular weight excluding hydrogens is 340 g/mol. The average Bonchev–Trinajstić information content (AvgIpc) is 3.03. The molecule has 10 heteroatoms. The molecule has 2 rings (SSSR count). The topological polar surface area (TPSA) is 114 Å². The Morgan fingerprint density at radius 1 is 1.30 bits per heavy atom. The van der Waals surface area contributed by atoms with Crippen LogP contribution < -0.4 is 4.72 Å². The number of rotatable bonds is 6. The second kappa shape index (κ2) is 6.67. The Balaban J connectivity index is 2.38. The van der Waals surface area contributed by atoms with Gasteiger partial charge in [-0.25, -0.2) is 13.2 Å². The maximum atomic E-state index is 12.6. The smallest absolute Gasteiger partial charge is 0.355 e. The minimum atomic E-state index is -3.88. The fourth-order valence-corrected chi connectivity index (χ4v) is 4.51. The van der Waals surface area contributed by atoms with Crippen LogP contribution in [0.4, 0.5) is 5.13 Å². The fourth-order valence-electron chi connectivity index (χ4n) is 2.15. The summed E-state index contributed by atoms with van der Waals surface area (Å²) >= 11 is 1.17. The van der Waals surface area contributed by atoms with Gasteiger partial charge in [0.25, 0.3) is 10.0 Å². The summed E-state index contributed by atoms with van der Waals surface area (Å²) < 4.78 is 32.5. The first kappa shape index (κ1) is 17.4. The Hall–Kier alpha value is -1.94. The van der Waals surface area contributed by atoms with Crippen molar-refractivity contribution < 1.29 is 17.9 Å². The Bertz CT molecular complexity index is 823. The van der Waals surface area contributed by atoms with Crippen molar-refractivity contribution in [3.63, 3.8) is 0 Å². The summed E-state index contributed by atoms with van der Waals surface area (Å²) in [6, 6.07) is 0. The van der Waals surface area contributed by atoms with Crippen molar-refractivity contribution in [1.29, 1.82) is 0 Å². The molecule has 8 nitrogen and oxygen atoms in total. The Kier molecular flexibility index (Phi) is 5.05. The number of sulfonamides is 1. The minimum absolute atomic E-state index is 0.0220. The summed E-state index contributed by atoms with van der Waals surface area (Å²) in [5, 5.41) is 8.61. The summed E-state index contributed by atoms with van der Waals surface area (Å²) in [6.45, 7) is 6.94. The molecule has 0 aliphatic heterocycles. The summed E-state index contributed by atoms with van der Waals surface area (Å²) in [6.07, 6.45) is 0.675. The zero-order valence-corrected chi connectivity index (χ0v) is 14.9. The summed E-state index contributed by atoms with van der Waals surface area (Å²) in [5.74, 6) is -0.585. The molecule has 0 amide bonds. The zero-order chi connectivity index (χ0) is 17.2. The molecule has 2 heterocycles. The van der Waals surface area contributed by atoms with Crippen molar-refractivity contribution in [3.05, 3.63) is 22.0 Å². The van der Waals surface area contributed by atoms with Gasteiger partial charge >= 0.3 is 5.97 Å². The van der Waals surface area contributed by atoms with E-state index in [-0.39, 0.29) is 22.3 Å². The van der Waals surface area contributed by atoms with Gasteiger partial charge in [-0.2, -0.15) is 0 Å². The largest absolute Gasteiger partial charge is 0.461 e. The van der Waals surface area contributed by atoms with Crippen LogP contribution in [0.15, 0.2) is 4.90 Å². The molecule has 2 N–H and O–H groups in total. The molecule has 0 saturated heterocycles. The number of H-pyrrole nitrogens is 1. The maximum absolute atomic E-state index is 12.6. The van der Waals surface area contributed by atoms with Crippen molar-refractivity contribution in [2.24, 2.45) is 0 Å². The number of esters is 1. The third-order valence-corrected chi connectivity index (χ3v) is 5.83. The highest BCUT2D eigenvalue weighted by Crippen LogP contribution is 2.27. The van der Waals surface area contributed by atoms with Crippen LogP contribution in [0, 0.1) is 13.8 Å². The summed E-state index contributed by atoms with van der Waals surface area (Å²) in [4.78, 5) is 14.7. The minimum Gasteiger partial charge on any atom is -0.461 e. The first-order chi connectivity index (χ1) is 10.8. The number of aryl methyl sites for hydroxylation is 2. The van der Waals surface area contributed by atoms with E-state index in [1.807, 2.05) is 6.92 Å². The van der Waals surface area contributed by atoms with E-state index in [0.717, 1.165) is 5.01 Å². The quantitative estimate of drug-likeness (QED) is 0.764. The Labute approximate surface area is 138 Å². The number of nitrogens with zero attached hydrogens (tertiary/aromatic N) is 2. The van der Waals surface area contributed by atoms with Crippen LogP contribution in [0.2, 0.25) is 0 Å². The third kappa shape index (κ3) is 3.53. The molecule has 2 aromatic heterocycles. The van der Waals surface area contributed by atoms with Gasteiger partial charge in [0.05, 0.1) is 6.61 Å². The number of ether oxygens (including phenoxy) is 1. The van der Waals surface area contributed by atoms with Gasteiger partial charge in [0.15, 0.2) is 0 Å². The highest BCUT2D eigenvalue weighted by molar-refractivity contribution is 7.93. The lowest BCUT2D eigenvalue weighted by Gasteiger charge is -2.05. The molecule has 0 aromatic carbocycles. The van der Waals surface area contributed by atoms with E-state index in [2.05, 4.69) is 19.9 Å². The third-order valence-electron chi connectivity index (χ3n) is 3.11. The van der Waals surface area contributed by atoms with Gasteiger partial charge in [-0.05, 0) is 27.2 Å². The zero-order valence-electron chi connectivity index (χ0n) is 13.3. The van der Waals surface area contributed by atoms with Crippen LogP contribution in [0.3, 0.4) is 0 Å². The van der Waals surface area contributed by atoms with Crippen molar-refractivity contribution in [2.45, 2.75) is 39.0 Å². The molecule has 2 aromatic rings. The van der Waals surface area contributed by atoms with Crippen molar-refractivity contribution in [3.8, 4) is 0 Å². The monoisotopic (exact) mass is 358 g/mol. The second-order valence-corrected chi connectivity index (χ2v) is 7.44. The van der Waals surface area contributed by atoms with Gasteiger partial charge in [0, 0.05) is 11.3 Å². The number of aromatic nitrogens is 3. The molecule has 0 aliphatic rings. The molecule has 0 unspecified atom stereocenters. The van der Waals surface area contributed by atoms with E-state index in [0.29, 0.717) is 17.7 Å². The number of nitrogens with one attached hydrogen (secondary N) is 2. The number of hydrogen-bond acceptors (Lipinski definition) is 7. The SMILES string of the molecule is CCOC(=O)c1[nH]c(C)c(S(=O)(=O)Nc2nnc(CC)s2)c1C. The molecule has 23 heavy (non-hydrogen) atoms. The second-order valence-electron chi connectivity index (χ2n) is 4.76. The number of hydrogen-bond donors (Lipinski definition) is 2. The summed E-state index contributed by atoms with van der Waals surface area (Å²) in [5.41, 5.74) is 0.809. The van der Waals surface area contributed by atoms with Crippen LogP contribution >= 0.6 is 11.3 Å². The van der Waals surface area contributed by atoms with Gasteiger partial charge in [-0.3, -0.25) is 4.72 Å². The van der Waals surface area contributed by atoms with Gasteiger partial charge < -0.3 is 9.72 Å². The molecular formula is C13H18N4O4S2. The van der Waals surface area contributed by atoms with E-state index < -0.39 is 16.0 Å². The normalized spacial score (nSPS) is 11.5. The lowest BCUT2D eigenvalue weighted by atomic mass is 10.2. The molecule has 0 radical (unpaired) electrons. The van der Waals surface area contributed by atoms with E-state index in [9.17, 15) is 13.2 Å². The van der Waals surface area contributed by atoms with Gasteiger partial charge in [0.2, 0.25) is 5.13 Å². The van der Waals surface area contributed by atoms with Crippen LogP contribution in [0.1, 0.15) is 40.6 Å². The Morgan fingerprint density at radius 2 is 2.00 bits per heavy atom. The van der Waals surface area contributed by atoms with Crippen LogP contribution in [0.5, 0.6) is 0 Å². The first-order valence-electron chi connectivity index (χ1n) is 7.01. The predicted molar refractivity (Wildman–Crippen MR) is 86.3 cm³/mol. The highest BCUT2D eigenvalue weighted by Gasteiger charge is 2.28. The molecule has 0 spiro atoms. The van der Waals surface area contributed by atoms with Crippen molar-refractivity contribution in [2.75, 3.05) is 11.3 Å². The number of aromatic amines is 1. The van der Waals surface area contributed by atoms with Crippen LogP contribution in [-0.4, -0.2) is 36.2 Å². The molecule has 126 valence electrons. The molecule has 0 aliphatic carbocycles. The lowest BCUT2D eigenvalue weighted by molar-refractivity contribution is 0.0519. The van der Waals surface area contributed by atoms with E-state index in [1.165, 1.54) is 11.3 Å². The molecule has 0 fully saturated rings. The first-order valence-corrected chi connectivity index (χ1v) is 9.31. The van der Waals surface area contributed by atoms with E-state index >= 15 is 0 Å².